The number of hydrogen-bond donors (Lipinski definition) is 2. The number of para-hydroxylation sites is 1. The summed E-state index contributed by atoms with van der Waals surface area (Å²) in [6.45, 7) is 1.89. The van der Waals surface area contributed by atoms with Crippen molar-refractivity contribution in [1.29, 1.82) is 0 Å². The average Bonchev–Trinajstić information content (AvgIpc) is 2.76. The number of aliphatic carboxylic acids is 1. The minimum atomic E-state index is -4.92. The molecule has 0 atom stereocenters. The summed E-state index contributed by atoms with van der Waals surface area (Å²) in [7, 11) is 0. The first kappa shape index (κ1) is 24.5. The van der Waals surface area contributed by atoms with E-state index in [-0.39, 0.29) is 0 Å². The van der Waals surface area contributed by atoms with Gasteiger partial charge in [0.15, 0.2) is 0 Å². The van der Waals surface area contributed by atoms with Crippen molar-refractivity contribution in [3.05, 3.63) is 100 Å². The monoisotopic (exact) mass is 473 g/mol. The molecule has 0 fully saturated rings. The van der Waals surface area contributed by atoms with Crippen molar-refractivity contribution >= 4 is 18.0 Å². The number of carbonyl (C=O) groups is 2. The normalized spacial score (nSPS) is 11.7. The average molecular weight is 473 g/mol. The second-order valence-electron chi connectivity index (χ2n) is 7.30. The number of nitrogens with one attached hydrogen (secondary N) is 1. The van der Waals surface area contributed by atoms with Gasteiger partial charge in [0.05, 0.1) is 12.0 Å². The molecule has 0 aliphatic heterocycles. The molecule has 0 spiro atoms. The Kier molecular flexibility index (Phi) is 7.35. The van der Waals surface area contributed by atoms with Crippen LogP contribution in [0.3, 0.4) is 0 Å². The highest BCUT2D eigenvalue weighted by atomic mass is 19.4. The largest absolute Gasteiger partial charge is 0.477 e. The molecule has 3 rings (SSSR count). The number of carbonyl (C=O) groups excluding carboxylic acids is 1. The van der Waals surface area contributed by atoms with Crippen molar-refractivity contribution in [2.24, 2.45) is 0 Å². The summed E-state index contributed by atoms with van der Waals surface area (Å²) in [5.74, 6) is -2.86. The van der Waals surface area contributed by atoms with Crippen molar-refractivity contribution in [2.75, 3.05) is 0 Å². The first-order valence-corrected chi connectivity index (χ1v) is 9.97. The lowest BCUT2D eigenvalue weighted by atomic mass is 10.1. The molecule has 5 nitrogen and oxygen atoms in total. The molecule has 0 heterocycles. The summed E-state index contributed by atoms with van der Waals surface area (Å²) < 4.78 is 58.5. The highest BCUT2D eigenvalue weighted by Gasteiger charge is 2.35. The maximum atomic E-state index is 14.1. The Morgan fingerprint density at radius 3 is 2.29 bits per heavy atom. The third-order valence-electron chi connectivity index (χ3n) is 4.75. The fourth-order valence-corrected chi connectivity index (χ4v) is 3.05. The van der Waals surface area contributed by atoms with Crippen LogP contribution in [0.4, 0.5) is 17.6 Å². The zero-order chi connectivity index (χ0) is 24.9. The molecule has 0 saturated heterocycles. The molecule has 34 heavy (non-hydrogen) atoms. The first-order chi connectivity index (χ1) is 16.0. The van der Waals surface area contributed by atoms with Crippen LogP contribution >= 0.6 is 0 Å². The lowest BCUT2D eigenvalue weighted by Crippen LogP contribution is -2.29. The van der Waals surface area contributed by atoms with Gasteiger partial charge in [-0.3, -0.25) is 4.79 Å². The molecule has 0 unspecified atom stereocenters. The van der Waals surface area contributed by atoms with E-state index in [0.29, 0.717) is 23.1 Å². The summed E-state index contributed by atoms with van der Waals surface area (Å²) in [5.41, 5.74) is -1.18. The van der Waals surface area contributed by atoms with Crippen LogP contribution in [0.2, 0.25) is 0 Å². The molecule has 1 amide bonds. The molecule has 3 aromatic carbocycles. The Morgan fingerprint density at radius 2 is 1.68 bits per heavy atom. The summed E-state index contributed by atoms with van der Waals surface area (Å²) in [6.07, 6.45) is -4.53. The highest BCUT2D eigenvalue weighted by molar-refractivity contribution is 5.97. The van der Waals surface area contributed by atoms with Gasteiger partial charge in [0.1, 0.15) is 23.0 Å². The summed E-state index contributed by atoms with van der Waals surface area (Å²) in [6, 6.07) is 16.3. The van der Waals surface area contributed by atoms with Gasteiger partial charge >= 0.3 is 12.1 Å². The van der Waals surface area contributed by atoms with Crippen LogP contribution in [0.25, 0.3) is 6.08 Å². The van der Waals surface area contributed by atoms with Gasteiger partial charge in [0.25, 0.3) is 0 Å². The van der Waals surface area contributed by atoms with Gasteiger partial charge < -0.3 is 15.2 Å². The number of carboxylic acids is 1. The number of ether oxygens (including phenoxy) is 1. The van der Waals surface area contributed by atoms with E-state index in [2.05, 4.69) is 5.32 Å². The van der Waals surface area contributed by atoms with Crippen molar-refractivity contribution in [3.8, 4) is 11.5 Å². The van der Waals surface area contributed by atoms with Gasteiger partial charge in [-0.2, -0.15) is 13.2 Å². The number of aryl methyl sites for hydroxylation is 1. The molecule has 0 radical (unpaired) electrons. The highest BCUT2D eigenvalue weighted by Crippen LogP contribution is 2.32. The van der Waals surface area contributed by atoms with Gasteiger partial charge in [-0.05, 0) is 54.0 Å². The Labute approximate surface area is 192 Å². The van der Waals surface area contributed by atoms with E-state index >= 15 is 0 Å². The number of hydrogen-bond acceptors (Lipinski definition) is 3. The van der Waals surface area contributed by atoms with Crippen molar-refractivity contribution in [1.82, 2.24) is 5.32 Å². The zero-order valence-electron chi connectivity index (χ0n) is 17.8. The van der Waals surface area contributed by atoms with E-state index < -0.39 is 47.1 Å². The van der Waals surface area contributed by atoms with Crippen LogP contribution in [0.15, 0.2) is 72.4 Å². The zero-order valence-corrected chi connectivity index (χ0v) is 17.8. The van der Waals surface area contributed by atoms with Crippen LogP contribution in [0.5, 0.6) is 11.5 Å². The van der Waals surface area contributed by atoms with E-state index in [1.165, 1.54) is 6.08 Å². The van der Waals surface area contributed by atoms with Crippen LogP contribution in [0.1, 0.15) is 22.3 Å². The summed E-state index contributed by atoms with van der Waals surface area (Å²) >= 11 is 0. The lowest BCUT2D eigenvalue weighted by molar-refractivity contribution is -0.140. The van der Waals surface area contributed by atoms with E-state index in [9.17, 15) is 32.3 Å². The molecule has 0 bridgehead atoms. The van der Waals surface area contributed by atoms with Crippen LogP contribution in [0, 0.1) is 12.7 Å². The van der Waals surface area contributed by atoms with Gasteiger partial charge in [0, 0.05) is 0 Å². The fourth-order valence-electron chi connectivity index (χ4n) is 3.05. The number of carboxylic acid groups (broad SMARTS) is 1. The maximum absolute atomic E-state index is 14.1. The Hall–Kier alpha value is -4.14. The molecular weight excluding hydrogens is 454 g/mol. The molecule has 0 aromatic heterocycles. The number of benzene rings is 3. The molecule has 0 aliphatic rings. The van der Waals surface area contributed by atoms with E-state index in [0.717, 1.165) is 17.7 Å². The van der Waals surface area contributed by atoms with Gasteiger partial charge in [-0.1, -0.05) is 42.5 Å². The maximum Gasteiger partial charge on any atom is 0.419 e. The first-order valence-electron chi connectivity index (χ1n) is 9.97. The Balaban J connectivity index is 1.73. The number of alkyl halides is 3. The molecule has 0 saturated carbocycles. The van der Waals surface area contributed by atoms with Crippen molar-refractivity contribution in [3.63, 3.8) is 0 Å². The Morgan fingerprint density at radius 1 is 1.00 bits per heavy atom. The minimum Gasteiger partial charge on any atom is -0.477 e. The standard InChI is InChI=1S/C25H19F4NO4/c1-15-5-2-3-8-21(15)34-18-11-9-16(10-12-18)13-20(24(32)33)30-22(31)14-17-6-4-7-19(23(17)26)25(27,28)29/h2-13H,14H2,1H3,(H,30,31)(H,32,33)/b20-13-. The van der Waals surface area contributed by atoms with Crippen LogP contribution in [-0.2, 0) is 22.2 Å². The number of rotatable bonds is 7. The Bertz CT molecular complexity index is 1230. The van der Waals surface area contributed by atoms with Crippen molar-refractivity contribution in [2.45, 2.75) is 19.5 Å². The van der Waals surface area contributed by atoms with Gasteiger partial charge in [-0.15, -0.1) is 0 Å². The third kappa shape index (κ3) is 6.22. The predicted molar refractivity (Wildman–Crippen MR) is 117 cm³/mol. The van der Waals surface area contributed by atoms with Crippen LogP contribution < -0.4 is 10.1 Å². The third-order valence-corrected chi connectivity index (χ3v) is 4.75. The molecule has 0 aliphatic carbocycles. The van der Waals surface area contributed by atoms with E-state index in [1.807, 2.05) is 25.1 Å². The number of halogens is 4. The quantitative estimate of drug-likeness (QED) is 0.340. The van der Waals surface area contributed by atoms with Gasteiger partial charge in [0.2, 0.25) is 5.91 Å². The fraction of sp³-hybridized carbons (Fsp3) is 0.120. The predicted octanol–water partition coefficient (Wildman–Crippen LogP) is 5.73. The summed E-state index contributed by atoms with van der Waals surface area (Å²) in [5, 5.41) is 11.5. The van der Waals surface area contributed by atoms with E-state index in [4.69, 9.17) is 4.74 Å². The van der Waals surface area contributed by atoms with E-state index in [1.54, 1.807) is 30.3 Å². The molecule has 3 aromatic rings. The van der Waals surface area contributed by atoms with Gasteiger partial charge in [-0.25, -0.2) is 9.18 Å². The second kappa shape index (κ2) is 10.2. The second-order valence-corrected chi connectivity index (χ2v) is 7.30. The van der Waals surface area contributed by atoms with Crippen molar-refractivity contribution < 1.29 is 37.0 Å². The summed E-state index contributed by atoms with van der Waals surface area (Å²) in [4.78, 5) is 23.8. The molecule has 2 N–H and O–H groups in total. The topological polar surface area (TPSA) is 75.6 Å². The molecule has 9 heteroatoms. The lowest BCUT2D eigenvalue weighted by Gasteiger charge is -2.12. The smallest absolute Gasteiger partial charge is 0.419 e. The van der Waals surface area contributed by atoms with Crippen LogP contribution in [-0.4, -0.2) is 17.0 Å². The molecule has 176 valence electrons. The minimum absolute atomic E-state index is 0.417. The SMILES string of the molecule is Cc1ccccc1Oc1ccc(/C=C(\NC(=O)Cc2cccc(C(F)(F)F)c2F)C(=O)O)cc1. The number of amides is 1. The molecular formula is C25H19F4NO4.